The van der Waals surface area contributed by atoms with Gasteiger partial charge in [-0.1, -0.05) is 6.07 Å². The van der Waals surface area contributed by atoms with Gasteiger partial charge in [0.2, 0.25) is 0 Å². The Morgan fingerprint density at radius 2 is 1.80 bits per heavy atom. The van der Waals surface area contributed by atoms with Gasteiger partial charge in [0.1, 0.15) is 6.33 Å². The van der Waals surface area contributed by atoms with Crippen LogP contribution in [0, 0.1) is 0 Å². The summed E-state index contributed by atoms with van der Waals surface area (Å²) in [5.74, 6) is 0. The predicted octanol–water partition coefficient (Wildman–Crippen LogP) is 1.23. The smallest absolute Gasteiger partial charge is 0.115 e. The van der Waals surface area contributed by atoms with Crippen molar-refractivity contribution in [3.8, 4) is 0 Å². The third kappa shape index (κ3) is 2.22. The molecule has 0 saturated heterocycles. The third-order valence-electron chi connectivity index (χ3n) is 2.18. The summed E-state index contributed by atoms with van der Waals surface area (Å²) in [5.41, 5.74) is 14.9. The van der Waals surface area contributed by atoms with Gasteiger partial charge in [0.25, 0.3) is 0 Å². The van der Waals surface area contributed by atoms with Gasteiger partial charge in [-0.3, -0.25) is 0 Å². The summed E-state index contributed by atoms with van der Waals surface area (Å²) in [6.45, 7) is 0. The van der Waals surface area contributed by atoms with E-state index in [1.54, 1.807) is 18.5 Å². The molecular weight excluding hydrogens is 188 g/mol. The molecule has 0 saturated carbocycles. The van der Waals surface area contributed by atoms with Crippen LogP contribution in [0.5, 0.6) is 0 Å². The number of rotatable bonds is 2. The summed E-state index contributed by atoms with van der Waals surface area (Å²) in [6.07, 6.45) is 5.80. The molecule has 1 aromatic heterocycles. The van der Waals surface area contributed by atoms with Crippen molar-refractivity contribution in [2.24, 2.45) is 0 Å². The highest BCUT2D eigenvalue weighted by molar-refractivity contribution is 5.57. The maximum absolute atomic E-state index is 5.85. The molecule has 0 aliphatic rings. The molecule has 0 spiro atoms. The molecule has 4 nitrogen and oxygen atoms in total. The van der Waals surface area contributed by atoms with Crippen LogP contribution in [0.3, 0.4) is 0 Å². The highest BCUT2D eigenvalue weighted by Gasteiger charge is 2.01. The van der Waals surface area contributed by atoms with Crippen LogP contribution in [-0.2, 0) is 6.42 Å². The van der Waals surface area contributed by atoms with E-state index in [4.69, 9.17) is 11.5 Å². The standard InChI is InChI=1S/C11H12N4/c12-10-2-1-9(11(13)4-10)3-8-5-14-7-15-6-8/h1-2,4-7H,3,12-13H2. The van der Waals surface area contributed by atoms with Gasteiger partial charge >= 0.3 is 0 Å². The zero-order valence-corrected chi connectivity index (χ0v) is 8.22. The van der Waals surface area contributed by atoms with Crippen molar-refractivity contribution < 1.29 is 0 Å². The number of benzene rings is 1. The monoisotopic (exact) mass is 200 g/mol. The van der Waals surface area contributed by atoms with Crippen LogP contribution >= 0.6 is 0 Å². The van der Waals surface area contributed by atoms with Crippen molar-refractivity contribution in [3.63, 3.8) is 0 Å². The zero-order valence-electron chi connectivity index (χ0n) is 8.22. The second-order valence-electron chi connectivity index (χ2n) is 3.38. The molecule has 4 N–H and O–H groups in total. The number of hydrogen-bond donors (Lipinski definition) is 2. The van der Waals surface area contributed by atoms with Gasteiger partial charge in [-0.2, -0.15) is 0 Å². The molecule has 2 rings (SSSR count). The maximum atomic E-state index is 5.85. The van der Waals surface area contributed by atoms with Gasteiger partial charge in [0.15, 0.2) is 0 Å². The van der Waals surface area contributed by atoms with Crippen LogP contribution < -0.4 is 11.5 Å². The van der Waals surface area contributed by atoms with Crippen molar-refractivity contribution in [3.05, 3.63) is 48.0 Å². The Morgan fingerprint density at radius 3 is 2.47 bits per heavy atom. The zero-order chi connectivity index (χ0) is 10.7. The molecule has 0 aliphatic carbocycles. The van der Waals surface area contributed by atoms with Crippen molar-refractivity contribution in [1.29, 1.82) is 0 Å². The van der Waals surface area contributed by atoms with E-state index in [-0.39, 0.29) is 0 Å². The second-order valence-corrected chi connectivity index (χ2v) is 3.38. The topological polar surface area (TPSA) is 77.8 Å². The van der Waals surface area contributed by atoms with E-state index in [0.29, 0.717) is 11.4 Å². The van der Waals surface area contributed by atoms with Crippen LogP contribution in [0.25, 0.3) is 0 Å². The van der Waals surface area contributed by atoms with E-state index in [0.717, 1.165) is 17.5 Å². The van der Waals surface area contributed by atoms with E-state index < -0.39 is 0 Å². The summed E-state index contributed by atoms with van der Waals surface area (Å²) in [4.78, 5) is 7.90. The van der Waals surface area contributed by atoms with Crippen molar-refractivity contribution in [1.82, 2.24) is 9.97 Å². The first-order valence-electron chi connectivity index (χ1n) is 4.63. The number of nitrogen functional groups attached to an aromatic ring is 2. The molecule has 15 heavy (non-hydrogen) atoms. The lowest BCUT2D eigenvalue weighted by Gasteiger charge is -2.05. The molecule has 0 fully saturated rings. The Hall–Kier alpha value is -2.10. The van der Waals surface area contributed by atoms with Gasteiger partial charge in [0.05, 0.1) is 0 Å². The average molecular weight is 200 g/mol. The predicted molar refractivity (Wildman–Crippen MR) is 60.1 cm³/mol. The molecule has 4 heteroatoms. The first-order valence-corrected chi connectivity index (χ1v) is 4.63. The molecule has 0 unspecified atom stereocenters. The Kier molecular flexibility index (Phi) is 2.49. The fourth-order valence-corrected chi connectivity index (χ4v) is 1.42. The largest absolute Gasteiger partial charge is 0.399 e. The Balaban J connectivity index is 2.25. The Morgan fingerprint density at radius 1 is 1.07 bits per heavy atom. The van der Waals surface area contributed by atoms with Crippen LogP contribution in [0.15, 0.2) is 36.9 Å². The minimum Gasteiger partial charge on any atom is -0.399 e. The maximum Gasteiger partial charge on any atom is 0.115 e. The van der Waals surface area contributed by atoms with Crippen LogP contribution in [0.1, 0.15) is 11.1 Å². The molecule has 1 heterocycles. The van der Waals surface area contributed by atoms with Crippen LogP contribution in [0.2, 0.25) is 0 Å². The van der Waals surface area contributed by atoms with E-state index in [1.165, 1.54) is 6.33 Å². The molecule has 0 bridgehead atoms. The number of hydrogen-bond acceptors (Lipinski definition) is 4. The molecular formula is C11H12N4. The van der Waals surface area contributed by atoms with Crippen LogP contribution in [0.4, 0.5) is 11.4 Å². The van der Waals surface area contributed by atoms with Crippen molar-refractivity contribution >= 4 is 11.4 Å². The van der Waals surface area contributed by atoms with Crippen molar-refractivity contribution in [2.45, 2.75) is 6.42 Å². The molecule has 0 atom stereocenters. The molecule has 0 amide bonds. The van der Waals surface area contributed by atoms with Gasteiger partial charge in [-0.25, -0.2) is 9.97 Å². The van der Waals surface area contributed by atoms with Gasteiger partial charge < -0.3 is 11.5 Å². The summed E-state index contributed by atoms with van der Waals surface area (Å²) in [5, 5.41) is 0. The number of anilines is 2. The summed E-state index contributed by atoms with van der Waals surface area (Å²) < 4.78 is 0. The summed E-state index contributed by atoms with van der Waals surface area (Å²) >= 11 is 0. The first-order chi connectivity index (χ1) is 7.25. The lowest BCUT2D eigenvalue weighted by atomic mass is 10.1. The SMILES string of the molecule is Nc1ccc(Cc2cncnc2)c(N)c1. The average Bonchev–Trinajstić information content (AvgIpc) is 2.24. The number of nitrogens with zero attached hydrogens (tertiary/aromatic N) is 2. The molecule has 76 valence electrons. The second kappa shape index (κ2) is 3.96. The number of nitrogens with two attached hydrogens (primary N) is 2. The molecule has 2 aromatic rings. The van der Waals surface area contributed by atoms with E-state index in [1.807, 2.05) is 12.1 Å². The third-order valence-corrected chi connectivity index (χ3v) is 2.18. The van der Waals surface area contributed by atoms with Gasteiger partial charge in [0, 0.05) is 30.2 Å². The quantitative estimate of drug-likeness (QED) is 0.715. The minimum absolute atomic E-state index is 0.681. The highest BCUT2D eigenvalue weighted by atomic mass is 14.8. The highest BCUT2D eigenvalue weighted by Crippen LogP contribution is 2.18. The summed E-state index contributed by atoms with van der Waals surface area (Å²) in [7, 11) is 0. The number of aromatic nitrogens is 2. The van der Waals surface area contributed by atoms with Gasteiger partial charge in [-0.15, -0.1) is 0 Å². The van der Waals surface area contributed by atoms with Crippen molar-refractivity contribution in [2.75, 3.05) is 11.5 Å². The fraction of sp³-hybridized carbons (Fsp3) is 0.0909. The molecule has 0 radical (unpaired) electrons. The van der Waals surface area contributed by atoms with E-state index >= 15 is 0 Å². The van der Waals surface area contributed by atoms with Gasteiger partial charge in [-0.05, 0) is 23.3 Å². The van der Waals surface area contributed by atoms with Crippen LogP contribution in [-0.4, -0.2) is 9.97 Å². The van der Waals surface area contributed by atoms with E-state index in [9.17, 15) is 0 Å². The Labute approximate surface area is 88.0 Å². The summed E-state index contributed by atoms with van der Waals surface area (Å²) in [6, 6.07) is 5.53. The lowest BCUT2D eigenvalue weighted by Crippen LogP contribution is -1.98. The minimum atomic E-state index is 0.681. The molecule has 0 aliphatic heterocycles. The normalized spacial score (nSPS) is 10.1. The lowest BCUT2D eigenvalue weighted by molar-refractivity contribution is 1.07. The van der Waals surface area contributed by atoms with E-state index in [2.05, 4.69) is 9.97 Å². The fourth-order valence-electron chi connectivity index (χ4n) is 1.42. The first kappa shape index (κ1) is 9.45. The Bertz CT molecular complexity index is 453. The molecule has 1 aromatic carbocycles.